The van der Waals surface area contributed by atoms with Crippen molar-refractivity contribution in [2.24, 2.45) is 23.2 Å². The van der Waals surface area contributed by atoms with Crippen LogP contribution in [-0.4, -0.2) is 34.6 Å². The van der Waals surface area contributed by atoms with Crippen molar-refractivity contribution >= 4 is 23.6 Å². The SMILES string of the molecule is N#CCNC(=O)C12CC3CC(C1)C(Nc1c(C(=O)O)cnc4c1C=CC4)C(C3)C2. The molecular formula is C22H24N4O3. The number of anilines is 1. The van der Waals surface area contributed by atoms with Crippen LogP contribution in [0.5, 0.6) is 0 Å². The molecule has 1 amide bonds. The fourth-order valence-corrected chi connectivity index (χ4v) is 6.53. The van der Waals surface area contributed by atoms with Crippen molar-refractivity contribution in [2.45, 2.75) is 44.6 Å². The molecule has 4 saturated carbocycles. The number of nitrogens with one attached hydrogen (secondary N) is 2. The molecule has 7 heteroatoms. The van der Waals surface area contributed by atoms with Gasteiger partial charge in [0.1, 0.15) is 12.1 Å². The first kappa shape index (κ1) is 18.2. The van der Waals surface area contributed by atoms with Crippen LogP contribution in [0, 0.1) is 34.5 Å². The zero-order valence-corrected chi connectivity index (χ0v) is 16.1. The molecule has 5 aliphatic rings. The average molecular weight is 392 g/mol. The molecule has 4 bridgehead atoms. The Morgan fingerprint density at radius 1 is 1.28 bits per heavy atom. The number of hydrogen-bond acceptors (Lipinski definition) is 5. The van der Waals surface area contributed by atoms with Gasteiger partial charge >= 0.3 is 5.97 Å². The normalized spacial score (nSPS) is 33.2. The average Bonchev–Trinajstić information content (AvgIpc) is 3.17. The summed E-state index contributed by atoms with van der Waals surface area (Å²) in [7, 11) is 0. The van der Waals surface area contributed by atoms with Crippen LogP contribution < -0.4 is 10.6 Å². The second-order valence-corrected chi connectivity index (χ2v) is 9.08. The molecule has 4 fully saturated rings. The molecule has 7 nitrogen and oxygen atoms in total. The molecule has 2 atom stereocenters. The van der Waals surface area contributed by atoms with Gasteiger partial charge in [0.15, 0.2) is 0 Å². The predicted octanol–water partition coefficient (Wildman–Crippen LogP) is 2.60. The lowest BCUT2D eigenvalue weighted by Crippen LogP contribution is -2.60. The molecule has 5 aliphatic carbocycles. The van der Waals surface area contributed by atoms with Crippen LogP contribution in [0.4, 0.5) is 5.69 Å². The number of amides is 1. The van der Waals surface area contributed by atoms with E-state index < -0.39 is 5.97 Å². The van der Waals surface area contributed by atoms with Crippen LogP contribution in [0.25, 0.3) is 6.08 Å². The predicted molar refractivity (Wildman–Crippen MR) is 106 cm³/mol. The van der Waals surface area contributed by atoms with Gasteiger partial charge in [-0.1, -0.05) is 12.2 Å². The highest BCUT2D eigenvalue weighted by molar-refractivity contribution is 5.97. The van der Waals surface area contributed by atoms with Gasteiger partial charge in [-0.3, -0.25) is 9.78 Å². The number of aromatic nitrogens is 1. The van der Waals surface area contributed by atoms with Crippen molar-refractivity contribution < 1.29 is 14.7 Å². The topological polar surface area (TPSA) is 115 Å². The van der Waals surface area contributed by atoms with E-state index in [0.29, 0.717) is 23.4 Å². The van der Waals surface area contributed by atoms with E-state index in [1.807, 2.05) is 18.2 Å². The van der Waals surface area contributed by atoms with Gasteiger partial charge in [0.2, 0.25) is 5.91 Å². The van der Waals surface area contributed by atoms with Gasteiger partial charge in [-0.15, -0.1) is 0 Å². The lowest BCUT2D eigenvalue weighted by atomic mass is 9.47. The van der Waals surface area contributed by atoms with Gasteiger partial charge in [0.25, 0.3) is 0 Å². The Morgan fingerprint density at radius 2 is 2.03 bits per heavy atom. The van der Waals surface area contributed by atoms with Crippen LogP contribution in [-0.2, 0) is 11.2 Å². The van der Waals surface area contributed by atoms with E-state index in [-0.39, 0.29) is 29.5 Å². The summed E-state index contributed by atoms with van der Waals surface area (Å²) < 4.78 is 0. The van der Waals surface area contributed by atoms with E-state index >= 15 is 0 Å². The van der Waals surface area contributed by atoms with Gasteiger partial charge in [-0.05, 0) is 49.9 Å². The Bertz CT molecular complexity index is 948. The molecule has 0 radical (unpaired) electrons. The second-order valence-electron chi connectivity index (χ2n) is 9.08. The molecule has 6 rings (SSSR count). The first-order valence-electron chi connectivity index (χ1n) is 10.3. The Labute approximate surface area is 169 Å². The number of nitrogens with zero attached hydrogens (tertiary/aromatic N) is 2. The third kappa shape index (κ3) is 2.81. The number of pyridine rings is 1. The molecule has 0 spiro atoms. The Balaban J connectivity index is 1.44. The van der Waals surface area contributed by atoms with Gasteiger partial charge in [-0.25, -0.2) is 4.79 Å². The number of rotatable bonds is 5. The van der Waals surface area contributed by atoms with Crippen LogP contribution in [0.2, 0.25) is 0 Å². The molecule has 1 heterocycles. The highest BCUT2D eigenvalue weighted by Crippen LogP contribution is 2.60. The number of carbonyl (C=O) groups is 2. The quantitative estimate of drug-likeness (QED) is 0.664. The molecule has 150 valence electrons. The molecule has 3 N–H and O–H groups in total. The molecule has 0 aliphatic heterocycles. The Kier molecular flexibility index (Phi) is 4.12. The maximum atomic E-state index is 12.8. The van der Waals surface area contributed by atoms with Crippen molar-refractivity contribution in [3.05, 3.63) is 29.1 Å². The van der Waals surface area contributed by atoms with Crippen LogP contribution in [0.1, 0.15) is 53.7 Å². The summed E-state index contributed by atoms with van der Waals surface area (Å²) in [4.78, 5) is 29.0. The van der Waals surface area contributed by atoms with Crippen LogP contribution in [0.15, 0.2) is 12.3 Å². The highest BCUT2D eigenvalue weighted by Gasteiger charge is 2.58. The molecule has 0 aromatic carbocycles. The van der Waals surface area contributed by atoms with E-state index in [1.165, 1.54) is 6.20 Å². The number of carboxylic acids is 1. The number of allylic oxidation sites excluding steroid dienone is 1. The van der Waals surface area contributed by atoms with Gasteiger partial charge in [-0.2, -0.15) is 5.26 Å². The van der Waals surface area contributed by atoms with Crippen molar-refractivity contribution in [3.63, 3.8) is 0 Å². The minimum Gasteiger partial charge on any atom is -0.478 e. The smallest absolute Gasteiger partial charge is 0.339 e. The highest BCUT2D eigenvalue weighted by atomic mass is 16.4. The van der Waals surface area contributed by atoms with Gasteiger partial charge in [0.05, 0.1) is 22.9 Å². The minimum absolute atomic E-state index is 0.0239. The number of fused-ring (bicyclic) bond motifs is 1. The van der Waals surface area contributed by atoms with E-state index in [1.54, 1.807) is 0 Å². The third-order valence-corrected chi connectivity index (χ3v) is 7.42. The lowest BCUT2D eigenvalue weighted by Gasteiger charge is -2.59. The summed E-state index contributed by atoms with van der Waals surface area (Å²) in [6.07, 6.45) is 10.8. The van der Waals surface area contributed by atoms with E-state index in [9.17, 15) is 14.7 Å². The standard InChI is InChI=1S/C22H24N4O3/c23-4-5-24-21(29)22-8-12-6-13(9-22)18(14(7-12)10-22)26-19-15-2-1-3-17(15)25-11-16(19)20(27)28/h1-2,11-14,18H,3,5-10H2,(H,24,29)(H,25,26)(H,27,28). The zero-order chi connectivity index (χ0) is 20.2. The summed E-state index contributed by atoms with van der Waals surface area (Å²) in [6.45, 7) is 0.0553. The van der Waals surface area contributed by atoms with Crippen molar-refractivity contribution in [1.82, 2.24) is 10.3 Å². The number of carbonyl (C=O) groups excluding carboxylic acids is 1. The van der Waals surface area contributed by atoms with Crippen LogP contribution in [0.3, 0.4) is 0 Å². The zero-order valence-electron chi connectivity index (χ0n) is 16.1. The van der Waals surface area contributed by atoms with Crippen molar-refractivity contribution in [2.75, 3.05) is 11.9 Å². The fourth-order valence-electron chi connectivity index (χ4n) is 6.53. The number of hydrogen-bond donors (Lipinski definition) is 3. The molecule has 1 aromatic rings. The van der Waals surface area contributed by atoms with Crippen molar-refractivity contribution in [3.8, 4) is 6.07 Å². The number of carboxylic acid groups (broad SMARTS) is 1. The summed E-state index contributed by atoms with van der Waals surface area (Å²) in [5.74, 6) is 0.269. The molecule has 0 saturated heterocycles. The van der Waals surface area contributed by atoms with Gasteiger partial charge < -0.3 is 15.7 Å². The van der Waals surface area contributed by atoms with E-state index in [4.69, 9.17) is 5.26 Å². The minimum atomic E-state index is -0.973. The summed E-state index contributed by atoms with van der Waals surface area (Å²) in [5, 5.41) is 24.9. The monoisotopic (exact) mass is 392 g/mol. The molecule has 29 heavy (non-hydrogen) atoms. The first-order chi connectivity index (χ1) is 14.0. The number of nitriles is 1. The van der Waals surface area contributed by atoms with Crippen molar-refractivity contribution in [1.29, 1.82) is 5.26 Å². The second kappa shape index (κ2) is 6.58. The van der Waals surface area contributed by atoms with E-state index in [0.717, 1.165) is 49.8 Å². The first-order valence-corrected chi connectivity index (χ1v) is 10.3. The van der Waals surface area contributed by atoms with Gasteiger partial charge in [0, 0.05) is 24.2 Å². The maximum absolute atomic E-state index is 12.8. The molecule has 2 unspecified atom stereocenters. The summed E-state index contributed by atoms with van der Waals surface area (Å²) in [6, 6.07) is 2.17. The Hall–Kier alpha value is -2.88. The maximum Gasteiger partial charge on any atom is 0.339 e. The fraction of sp³-hybridized carbons (Fsp3) is 0.545. The summed E-state index contributed by atoms with van der Waals surface area (Å²) in [5.41, 5.74) is 2.33. The molecular weight excluding hydrogens is 368 g/mol. The van der Waals surface area contributed by atoms with E-state index in [2.05, 4.69) is 15.6 Å². The summed E-state index contributed by atoms with van der Waals surface area (Å²) >= 11 is 0. The third-order valence-electron chi connectivity index (χ3n) is 7.42. The van der Waals surface area contributed by atoms with Crippen LogP contribution >= 0.6 is 0 Å². The number of aromatic carboxylic acids is 1. The Morgan fingerprint density at radius 3 is 2.72 bits per heavy atom. The molecule has 1 aromatic heterocycles. The lowest BCUT2D eigenvalue weighted by molar-refractivity contribution is -0.147. The largest absolute Gasteiger partial charge is 0.478 e.